The van der Waals surface area contributed by atoms with E-state index in [-0.39, 0.29) is 17.3 Å². The topological polar surface area (TPSA) is 62.3 Å². The predicted octanol–water partition coefficient (Wildman–Crippen LogP) is 2.88. The van der Waals surface area contributed by atoms with E-state index in [0.29, 0.717) is 27.1 Å². The molecule has 1 aliphatic carbocycles. The monoisotopic (exact) mass is 361 g/mol. The number of likely N-dealkylation sites (N-methyl/N-ethyl adjacent to an activating group) is 1. The maximum atomic E-state index is 12.6. The molecule has 1 aromatic heterocycles. The van der Waals surface area contributed by atoms with Gasteiger partial charge in [0.05, 0.1) is 5.70 Å². The van der Waals surface area contributed by atoms with Crippen molar-refractivity contribution in [2.75, 3.05) is 27.2 Å². The summed E-state index contributed by atoms with van der Waals surface area (Å²) < 4.78 is 0. The number of fused-ring (bicyclic) bond motifs is 1. The van der Waals surface area contributed by atoms with Crippen molar-refractivity contribution in [3.8, 4) is 10.6 Å². The number of halogens is 1. The van der Waals surface area contributed by atoms with Crippen molar-refractivity contribution >= 4 is 34.5 Å². The number of hydrogen-bond acceptors (Lipinski definition) is 6. The summed E-state index contributed by atoms with van der Waals surface area (Å²) >= 11 is 7.12. The Bertz CT molecular complexity index is 825. The van der Waals surface area contributed by atoms with E-state index in [0.717, 1.165) is 12.1 Å². The minimum atomic E-state index is -0.242. The molecule has 0 radical (unpaired) electrons. The number of carbonyl (C=O) groups excluding carboxylic acids is 2. The number of benzene rings is 1. The molecule has 0 spiro atoms. The van der Waals surface area contributed by atoms with Crippen LogP contribution in [0.3, 0.4) is 0 Å². The molecule has 0 unspecified atom stereocenters. The maximum Gasteiger partial charge on any atom is 0.221 e. The minimum Gasteiger partial charge on any atom is -0.380 e. The summed E-state index contributed by atoms with van der Waals surface area (Å²) in [6.45, 7) is 1.36. The first-order valence-electron chi connectivity index (χ1n) is 7.42. The van der Waals surface area contributed by atoms with E-state index >= 15 is 0 Å². The van der Waals surface area contributed by atoms with Crippen LogP contribution in [0, 0.1) is 0 Å². The van der Waals surface area contributed by atoms with E-state index in [4.69, 9.17) is 11.6 Å². The van der Waals surface area contributed by atoms with E-state index in [9.17, 15) is 9.59 Å². The number of carbonyl (C=O) groups is 2. The number of rotatable bonds is 5. The lowest BCUT2D eigenvalue weighted by Crippen LogP contribution is -2.31. The Morgan fingerprint density at radius 1 is 1.21 bits per heavy atom. The summed E-state index contributed by atoms with van der Waals surface area (Å²) in [6.07, 6.45) is 1.34. The van der Waals surface area contributed by atoms with E-state index in [1.54, 1.807) is 12.1 Å². The van der Waals surface area contributed by atoms with Gasteiger partial charge in [-0.1, -0.05) is 23.7 Å². The highest BCUT2D eigenvalue weighted by Gasteiger charge is 2.30. The van der Waals surface area contributed by atoms with Gasteiger partial charge in [-0.3, -0.25) is 9.59 Å². The Morgan fingerprint density at radius 3 is 2.58 bits per heavy atom. The third-order valence-corrected chi connectivity index (χ3v) is 4.91. The van der Waals surface area contributed by atoms with Crippen LogP contribution in [0.2, 0.25) is 5.02 Å². The number of nitrogens with one attached hydrogen (secondary N) is 1. The zero-order chi connectivity index (χ0) is 17.3. The highest BCUT2D eigenvalue weighted by Crippen LogP contribution is 2.32. The van der Waals surface area contributed by atoms with Crippen molar-refractivity contribution in [3.05, 3.63) is 51.6 Å². The van der Waals surface area contributed by atoms with Gasteiger partial charge in [-0.25, -0.2) is 4.98 Å². The predicted molar refractivity (Wildman–Crippen MR) is 95.9 cm³/mol. The fraction of sp³-hybridized carbons (Fsp3) is 0.235. The average molecular weight is 362 g/mol. The summed E-state index contributed by atoms with van der Waals surface area (Å²) in [5.74, 6) is -0.422. The van der Waals surface area contributed by atoms with Crippen molar-refractivity contribution in [1.82, 2.24) is 15.2 Å². The van der Waals surface area contributed by atoms with Gasteiger partial charge in [-0.05, 0) is 26.2 Å². The molecular weight excluding hydrogens is 346 g/mol. The highest BCUT2D eigenvalue weighted by molar-refractivity contribution is 7.17. The number of hydrogen-bond donors (Lipinski definition) is 1. The first-order valence-corrected chi connectivity index (χ1v) is 8.61. The van der Waals surface area contributed by atoms with Gasteiger partial charge in [0.15, 0.2) is 0 Å². The van der Waals surface area contributed by atoms with Crippen molar-refractivity contribution in [2.24, 2.45) is 0 Å². The van der Waals surface area contributed by atoms with Gasteiger partial charge < -0.3 is 10.2 Å². The summed E-state index contributed by atoms with van der Waals surface area (Å²) in [6, 6.07) is 7.16. The van der Waals surface area contributed by atoms with Crippen molar-refractivity contribution in [3.63, 3.8) is 0 Å². The molecule has 0 aliphatic heterocycles. The fourth-order valence-electron chi connectivity index (χ4n) is 2.29. The van der Waals surface area contributed by atoms with E-state index in [1.807, 2.05) is 31.1 Å². The Hall–Kier alpha value is -2.02. The van der Waals surface area contributed by atoms with Gasteiger partial charge in [-0.15, -0.1) is 11.3 Å². The zero-order valence-electron chi connectivity index (χ0n) is 13.3. The van der Waals surface area contributed by atoms with Crippen LogP contribution in [-0.2, 0) is 0 Å². The van der Waals surface area contributed by atoms with Crippen molar-refractivity contribution < 1.29 is 9.59 Å². The SMILES string of the molecule is CN(C)CCNC1=CC(=O)c2nc(-c3ccc(Cl)cc3)sc2C1=O. The molecular formula is C17H16ClN3O2S. The van der Waals surface area contributed by atoms with Gasteiger partial charge >= 0.3 is 0 Å². The second-order valence-electron chi connectivity index (χ2n) is 5.69. The number of nitrogens with zero attached hydrogens (tertiary/aromatic N) is 2. The molecule has 24 heavy (non-hydrogen) atoms. The summed E-state index contributed by atoms with van der Waals surface area (Å²) in [4.78, 5) is 31.6. The lowest BCUT2D eigenvalue weighted by atomic mass is 10.0. The molecule has 1 N–H and O–H groups in total. The van der Waals surface area contributed by atoms with Crippen LogP contribution in [0.15, 0.2) is 36.0 Å². The van der Waals surface area contributed by atoms with Crippen LogP contribution in [0.5, 0.6) is 0 Å². The molecule has 124 valence electrons. The summed E-state index contributed by atoms with van der Waals surface area (Å²) in [5.41, 5.74) is 1.40. The average Bonchev–Trinajstić information content (AvgIpc) is 2.98. The van der Waals surface area contributed by atoms with E-state index < -0.39 is 0 Å². The third kappa shape index (κ3) is 3.40. The van der Waals surface area contributed by atoms with Crippen LogP contribution < -0.4 is 5.32 Å². The van der Waals surface area contributed by atoms with Crippen LogP contribution in [0.25, 0.3) is 10.6 Å². The molecule has 1 aliphatic rings. The molecule has 1 heterocycles. The van der Waals surface area contributed by atoms with Crippen LogP contribution in [0.4, 0.5) is 0 Å². The lowest BCUT2D eigenvalue weighted by molar-refractivity contribution is 0.0978. The van der Waals surface area contributed by atoms with Gasteiger partial charge in [-0.2, -0.15) is 0 Å². The quantitative estimate of drug-likeness (QED) is 0.887. The Kier molecular flexibility index (Phi) is 4.80. The smallest absolute Gasteiger partial charge is 0.221 e. The molecule has 0 saturated heterocycles. The number of thiazole rings is 1. The molecule has 0 saturated carbocycles. The van der Waals surface area contributed by atoms with Crippen LogP contribution in [-0.4, -0.2) is 48.6 Å². The highest BCUT2D eigenvalue weighted by atomic mass is 35.5. The first kappa shape index (κ1) is 16.8. The van der Waals surface area contributed by atoms with Crippen LogP contribution >= 0.6 is 22.9 Å². The van der Waals surface area contributed by atoms with E-state index in [2.05, 4.69) is 10.3 Å². The molecule has 0 fully saturated rings. The largest absolute Gasteiger partial charge is 0.380 e. The number of Topliss-reactive ketones (excluding diaryl/α,β-unsaturated/α-hetero) is 1. The molecule has 0 bridgehead atoms. The number of allylic oxidation sites excluding steroid dienone is 2. The third-order valence-electron chi connectivity index (χ3n) is 3.55. The molecule has 0 amide bonds. The van der Waals surface area contributed by atoms with Crippen molar-refractivity contribution in [2.45, 2.75) is 0 Å². The first-order chi connectivity index (χ1) is 11.5. The fourth-order valence-corrected chi connectivity index (χ4v) is 3.45. The van der Waals surface area contributed by atoms with Gasteiger partial charge in [0.1, 0.15) is 15.6 Å². The second-order valence-corrected chi connectivity index (χ2v) is 7.12. The van der Waals surface area contributed by atoms with Gasteiger partial charge in [0.25, 0.3) is 0 Å². The van der Waals surface area contributed by atoms with Gasteiger partial charge in [0.2, 0.25) is 11.6 Å². The van der Waals surface area contributed by atoms with Crippen molar-refractivity contribution in [1.29, 1.82) is 0 Å². The Morgan fingerprint density at radius 2 is 1.92 bits per heavy atom. The number of aromatic nitrogens is 1. The summed E-state index contributed by atoms with van der Waals surface area (Å²) in [7, 11) is 3.90. The normalized spacial score (nSPS) is 13.9. The Labute approximate surface area is 149 Å². The standard InChI is InChI=1S/C17H16ClN3O2S/c1-21(2)8-7-19-12-9-13(22)14-16(15(12)23)24-17(20-14)10-3-5-11(18)6-4-10/h3-6,9,19H,7-8H2,1-2H3. The molecule has 0 atom stereocenters. The zero-order valence-corrected chi connectivity index (χ0v) is 14.9. The minimum absolute atomic E-state index is 0.180. The van der Waals surface area contributed by atoms with Gasteiger partial charge in [0, 0.05) is 29.8 Å². The van der Waals surface area contributed by atoms with Crippen LogP contribution in [0.1, 0.15) is 20.2 Å². The molecule has 1 aromatic carbocycles. The second kappa shape index (κ2) is 6.84. The van der Waals surface area contributed by atoms with E-state index in [1.165, 1.54) is 17.4 Å². The molecule has 7 heteroatoms. The lowest BCUT2D eigenvalue weighted by Gasteiger charge is -2.15. The molecule has 5 nitrogen and oxygen atoms in total. The molecule has 2 aromatic rings. The summed E-state index contributed by atoms with van der Waals surface area (Å²) in [5, 5.41) is 4.31. The Balaban J connectivity index is 1.85. The maximum absolute atomic E-state index is 12.6. The molecule has 3 rings (SSSR count). The number of ketones is 2.